The van der Waals surface area contributed by atoms with Crippen molar-refractivity contribution in [3.05, 3.63) is 0 Å². The highest BCUT2D eigenvalue weighted by Crippen LogP contribution is 2.02. The van der Waals surface area contributed by atoms with Crippen molar-refractivity contribution in [2.75, 3.05) is 32.7 Å². The van der Waals surface area contributed by atoms with E-state index in [1.165, 1.54) is 18.8 Å². The number of unbranched alkanes of at least 4 members (excludes halogenated alkanes) is 1. The van der Waals surface area contributed by atoms with E-state index in [4.69, 9.17) is 0 Å². The summed E-state index contributed by atoms with van der Waals surface area (Å²) in [7, 11) is 0. The summed E-state index contributed by atoms with van der Waals surface area (Å²) < 4.78 is 0. The maximum atomic E-state index is 4.66. The Labute approximate surface area is 102 Å². The van der Waals surface area contributed by atoms with Crippen LogP contribution in [0.15, 0.2) is 4.99 Å². The number of hydrogen-bond acceptors (Lipinski definition) is 1. The minimum atomic E-state index is 0.870. The highest BCUT2D eigenvalue weighted by atomic mass is 15.4. The first-order chi connectivity index (χ1) is 7.74. The first kappa shape index (κ1) is 15.3. The predicted molar refractivity (Wildman–Crippen MR) is 73.1 cm³/mol. The van der Waals surface area contributed by atoms with Crippen molar-refractivity contribution in [3.8, 4) is 0 Å². The molecule has 0 spiro atoms. The Hall–Kier alpha value is -0.730. The molecule has 0 aliphatic rings. The molecule has 3 nitrogen and oxygen atoms in total. The van der Waals surface area contributed by atoms with Crippen LogP contribution in [-0.4, -0.2) is 48.5 Å². The highest BCUT2D eigenvalue weighted by molar-refractivity contribution is 5.80. The normalized spacial score (nSPS) is 11.7. The maximum absolute atomic E-state index is 4.66. The lowest BCUT2D eigenvalue weighted by Crippen LogP contribution is -2.44. The van der Waals surface area contributed by atoms with Gasteiger partial charge in [0.05, 0.1) is 0 Å². The van der Waals surface area contributed by atoms with E-state index in [1.807, 2.05) is 0 Å². The third kappa shape index (κ3) is 4.86. The zero-order valence-electron chi connectivity index (χ0n) is 11.8. The predicted octanol–water partition coefficient (Wildman–Crippen LogP) is 2.83. The van der Waals surface area contributed by atoms with Gasteiger partial charge in [-0.3, -0.25) is 4.99 Å². The molecule has 16 heavy (non-hydrogen) atoms. The van der Waals surface area contributed by atoms with E-state index in [1.54, 1.807) is 0 Å². The van der Waals surface area contributed by atoms with E-state index in [0.717, 1.165) is 32.7 Å². The molecule has 3 heteroatoms. The van der Waals surface area contributed by atoms with E-state index in [-0.39, 0.29) is 0 Å². The van der Waals surface area contributed by atoms with E-state index in [9.17, 15) is 0 Å². The highest BCUT2D eigenvalue weighted by Gasteiger charge is 2.13. The molecule has 0 unspecified atom stereocenters. The zero-order valence-corrected chi connectivity index (χ0v) is 11.8. The molecular weight excluding hydrogens is 198 g/mol. The van der Waals surface area contributed by atoms with Gasteiger partial charge in [-0.1, -0.05) is 13.3 Å². The standard InChI is InChI=1S/C13H29N3/c1-6-11-12-16(10-5)13(14-7-2)15(8-3)9-4/h6-12H2,1-5H3. The van der Waals surface area contributed by atoms with Gasteiger partial charge in [0.15, 0.2) is 5.96 Å². The average molecular weight is 227 g/mol. The quantitative estimate of drug-likeness (QED) is 0.492. The lowest BCUT2D eigenvalue weighted by atomic mass is 10.3. The molecule has 96 valence electrons. The van der Waals surface area contributed by atoms with Crippen molar-refractivity contribution in [2.45, 2.75) is 47.5 Å². The Bertz CT molecular complexity index is 186. The second kappa shape index (κ2) is 9.49. The summed E-state index contributed by atoms with van der Waals surface area (Å²) >= 11 is 0. The lowest BCUT2D eigenvalue weighted by Gasteiger charge is -2.32. The summed E-state index contributed by atoms with van der Waals surface area (Å²) in [6.45, 7) is 16.1. The molecule has 0 aromatic heterocycles. The molecule has 0 saturated heterocycles. The molecule has 0 aliphatic heterocycles. The maximum Gasteiger partial charge on any atom is 0.196 e. The Balaban J connectivity index is 4.64. The lowest BCUT2D eigenvalue weighted by molar-refractivity contribution is 0.335. The molecule has 0 atom stereocenters. The molecule has 0 heterocycles. The number of aliphatic imine (C=N–C) groups is 1. The van der Waals surface area contributed by atoms with Crippen LogP contribution in [0.4, 0.5) is 0 Å². The number of nitrogens with zero attached hydrogens (tertiary/aromatic N) is 3. The smallest absolute Gasteiger partial charge is 0.196 e. The van der Waals surface area contributed by atoms with Crippen molar-refractivity contribution in [2.24, 2.45) is 4.99 Å². The number of guanidine groups is 1. The van der Waals surface area contributed by atoms with Crippen LogP contribution >= 0.6 is 0 Å². The Kier molecular flexibility index (Phi) is 9.06. The second-order valence-corrected chi connectivity index (χ2v) is 3.88. The van der Waals surface area contributed by atoms with Crippen molar-refractivity contribution >= 4 is 5.96 Å². The van der Waals surface area contributed by atoms with Gasteiger partial charge in [-0.15, -0.1) is 0 Å². The fourth-order valence-electron chi connectivity index (χ4n) is 1.80. The molecule has 0 aliphatic carbocycles. The Morgan fingerprint density at radius 1 is 0.875 bits per heavy atom. The van der Waals surface area contributed by atoms with Gasteiger partial charge in [-0.2, -0.15) is 0 Å². The minimum absolute atomic E-state index is 0.870. The zero-order chi connectivity index (χ0) is 12.4. The summed E-state index contributed by atoms with van der Waals surface area (Å²) in [6, 6.07) is 0. The molecule has 0 rings (SSSR count). The fraction of sp³-hybridized carbons (Fsp3) is 0.923. The topological polar surface area (TPSA) is 18.8 Å². The molecule has 0 aromatic rings. The van der Waals surface area contributed by atoms with Crippen molar-refractivity contribution in [3.63, 3.8) is 0 Å². The van der Waals surface area contributed by atoms with Crippen molar-refractivity contribution in [1.82, 2.24) is 9.80 Å². The van der Waals surface area contributed by atoms with Crippen LogP contribution in [0, 0.1) is 0 Å². The van der Waals surface area contributed by atoms with Crippen LogP contribution in [0.1, 0.15) is 47.5 Å². The molecular formula is C13H29N3. The van der Waals surface area contributed by atoms with Crippen LogP contribution in [0.5, 0.6) is 0 Å². The van der Waals surface area contributed by atoms with Crippen molar-refractivity contribution < 1.29 is 0 Å². The molecule has 0 radical (unpaired) electrons. The number of rotatable bonds is 7. The summed E-state index contributed by atoms with van der Waals surface area (Å²) in [5.41, 5.74) is 0. The van der Waals surface area contributed by atoms with E-state index in [0.29, 0.717) is 0 Å². The average Bonchev–Trinajstić information content (AvgIpc) is 2.31. The van der Waals surface area contributed by atoms with Crippen molar-refractivity contribution in [1.29, 1.82) is 0 Å². The fourth-order valence-corrected chi connectivity index (χ4v) is 1.80. The first-order valence-electron chi connectivity index (χ1n) is 6.79. The van der Waals surface area contributed by atoms with Gasteiger partial charge in [-0.05, 0) is 34.1 Å². The second-order valence-electron chi connectivity index (χ2n) is 3.88. The van der Waals surface area contributed by atoms with Gasteiger partial charge in [0.2, 0.25) is 0 Å². The van der Waals surface area contributed by atoms with Crippen LogP contribution in [0.25, 0.3) is 0 Å². The molecule has 0 aromatic carbocycles. The largest absolute Gasteiger partial charge is 0.343 e. The van der Waals surface area contributed by atoms with Gasteiger partial charge >= 0.3 is 0 Å². The summed E-state index contributed by atoms with van der Waals surface area (Å²) in [4.78, 5) is 9.41. The summed E-state index contributed by atoms with van der Waals surface area (Å²) in [5.74, 6) is 1.18. The Morgan fingerprint density at radius 2 is 1.44 bits per heavy atom. The van der Waals surface area contributed by atoms with E-state index >= 15 is 0 Å². The van der Waals surface area contributed by atoms with Crippen LogP contribution in [0.2, 0.25) is 0 Å². The molecule has 0 N–H and O–H groups in total. The van der Waals surface area contributed by atoms with E-state index < -0.39 is 0 Å². The SMILES string of the molecule is CCCCN(CC)C(=NCC)N(CC)CC. The third-order valence-electron chi connectivity index (χ3n) is 2.79. The molecule has 0 saturated carbocycles. The first-order valence-corrected chi connectivity index (χ1v) is 6.79. The minimum Gasteiger partial charge on any atom is -0.343 e. The van der Waals surface area contributed by atoms with E-state index in [2.05, 4.69) is 49.4 Å². The Morgan fingerprint density at radius 3 is 1.81 bits per heavy atom. The molecule has 0 amide bonds. The van der Waals surface area contributed by atoms with Crippen LogP contribution in [0.3, 0.4) is 0 Å². The van der Waals surface area contributed by atoms with Crippen LogP contribution < -0.4 is 0 Å². The molecule has 0 fully saturated rings. The number of hydrogen-bond donors (Lipinski definition) is 0. The van der Waals surface area contributed by atoms with Gasteiger partial charge in [0.1, 0.15) is 0 Å². The summed E-state index contributed by atoms with van der Waals surface area (Å²) in [5, 5.41) is 0. The molecule has 0 bridgehead atoms. The van der Waals surface area contributed by atoms with Gasteiger partial charge in [0, 0.05) is 32.7 Å². The van der Waals surface area contributed by atoms with Gasteiger partial charge < -0.3 is 9.80 Å². The third-order valence-corrected chi connectivity index (χ3v) is 2.79. The van der Waals surface area contributed by atoms with Gasteiger partial charge in [0.25, 0.3) is 0 Å². The van der Waals surface area contributed by atoms with Crippen LogP contribution in [-0.2, 0) is 0 Å². The van der Waals surface area contributed by atoms with Gasteiger partial charge in [-0.25, -0.2) is 0 Å². The summed E-state index contributed by atoms with van der Waals surface area (Å²) in [6.07, 6.45) is 2.49. The monoisotopic (exact) mass is 227 g/mol.